The van der Waals surface area contributed by atoms with Crippen molar-refractivity contribution in [3.05, 3.63) is 47.5 Å². The van der Waals surface area contributed by atoms with E-state index < -0.39 is 5.91 Å². The van der Waals surface area contributed by atoms with E-state index in [2.05, 4.69) is 0 Å². The summed E-state index contributed by atoms with van der Waals surface area (Å²) < 4.78 is 5.28. The summed E-state index contributed by atoms with van der Waals surface area (Å²) in [6.45, 7) is 0. The van der Waals surface area contributed by atoms with E-state index in [9.17, 15) is 4.79 Å². The van der Waals surface area contributed by atoms with Gasteiger partial charge in [-0.3, -0.25) is 4.79 Å². The number of nitrogens with two attached hydrogens (primary N) is 1. The van der Waals surface area contributed by atoms with Crippen LogP contribution in [0.1, 0.15) is 5.56 Å². The number of methoxy groups -OCH3 is 1. The normalized spacial score (nSPS) is 11.1. The van der Waals surface area contributed by atoms with Crippen molar-refractivity contribution in [3.63, 3.8) is 0 Å². The van der Waals surface area contributed by atoms with Gasteiger partial charge >= 0.3 is 0 Å². The standard InChI is InChI=1S/C15H12N2O2/c1-19-14-7-6-10(8-11(9-16)15(17)18)12-4-2-3-5-13(12)14/h2-8H,1H3,(H2,17,18)/b11-8-. The van der Waals surface area contributed by atoms with Crippen LogP contribution >= 0.6 is 0 Å². The van der Waals surface area contributed by atoms with Gasteiger partial charge in [0.25, 0.3) is 5.91 Å². The number of fused-ring (bicyclic) bond motifs is 1. The van der Waals surface area contributed by atoms with Crippen LogP contribution in [0.2, 0.25) is 0 Å². The Hall–Kier alpha value is -2.80. The number of nitriles is 1. The van der Waals surface area contributed by atoms with Crippen LogP contribution in [0, 0.1) is 11.3 Å². The number of amides is 1. The highest BCUT2D eigenvalue weighted by Gasteiger charge is 2.08. The molecular formula is C15H12N2O2. The SMILES string of the molecule is COc1ccc(/C=C(/C#N)C(N)=O)c2ccccc12. The van der Waals surface area contributed by atoms with Crippen molar-refractivity contribution in [1.82, 2.24) is 0 Å². The van der Waals surface area contributed by atoms with E-state index in [4.69, 9.17) is 15.7 Å². The summed E-state index contributed by atoms with van der Waals surface area (Å²) in [7, 11) is 1.60. The van der Waals surface area contributed by atoms with Crippen LogP contribution in [0.3, 0.4) is 0 Å². The van der Waals surface area contributed by atoms with Crippen LogP contribution in [0.15, 0.2) is 42.0 Å². The van der Waals surface area contributed by atoms with Gasteiger partial charge < -0.3 is 10.5 Å². The predicted molar refractivity (Wildman–Crippen MR) is 73.3 cm³/mol. The molecule has 2 rings (SSSR count). The van der Waals surface area contributed by atoms with E-state index in [1.54, 1.807) is 25.3 Å². The van der Waals surface area contributed by atoms with Gasteiger partial charge in [0.05, 0.1) is 7.11 Å². The Morgan fingerprint density at radius 2 is 1.95 bits per heavy atom. The minimum atomic E-state index is -0.734. The van der Waals surface area contributed by atoms with Gasteiger partial charge in [0, 0.05) is 5.39 Å². The Kier molecular flexibility index (Phi) is 3.48. The first-order valence-electron chi connectivity index (χ1n) is 5.64. The average Bonchev–Trinajstić information content (AvgIpc) is 2.44. The van der Waals surface area contributed by atoms with E-state index in [1.807, 2.05) is 24.3 Å². The summed E-state index contributed by atoms with van der Waals surface area (Å²) in [6.07, 6.45) is 1.49. The molecule has 1 amide bonds. The predicted octanol–water partition coefficient (Wildman–Crippen LogP) is 2.24. The zero-order valence-electron chi connectivity index (χ0n) is 10.4. The number of carbonyl (C=O) groups excluding carboxylic acids is 1. The Balaban J connectivity index is 2.70. The third kappa shape index (κ3) is 2.40. The second-order valence-electron chi connectivity index (χ2n) is 3.94. The van der Waals surface area contributed by atoms with Gasteiger partial charge in [-0.15, -0.1) is 0 Å². The molecule has 2 aromatic rings. The zero-order chi connectivity index (χ0) is 13.8. The second-order valence-corrected chi connectivity index (χ2v) is 3.94. The number of nitrogens with zero attached hydrogens (tertiary/aromatic N) is 1. The van der Waals surface area contributed by atoms with Gasteiger partial charge in [0.15, 0.2) is 0 Å². The van der Waals surface area contributed by atoms with Gasteiger partial charge in [0.2, 0.25) is 0 Å². The molecular weight excluding hydrogens is 240 g/mol. The molecule has 0 aliphatic heterocycles. The van der Waals surface area contributed by atoms with Crippen molar-refractivity contribution in [2.45, 2.75) is 0 Å². The smallest absolute Gasteiger partial charge is 0.259 e. The molecule has 0 spiro atoms. The number of benzene rings is 2. The molecule has 0 aliphatic carbocycles. The summed E-state index contributed by atoms with van der Waals surface area (Å²) in [4.78, 5) is 11.1. The molecule has 0 atom stereocenters. The zero-order valence-corrected chi connectivity index (χ0v) is 10.4. The van der Waals surface area contributed by atoms with Crippen LogP contribution < -0.4 is 10.5 Å². The van der Waals surface area contributed by atoms with E-state index in [0.29, 0.717) is 0 Å². The molecule has 2 N–H and O–H groups in total. The van der Waals surface area contributed by atoms with Gasteiger partial charge in [0.1, 0.15) is 17.4 Å². The number of hydrogen-bond donors (Lipinski definition) is 1. The van der Waals surface area contributed by atoms with Gasteiger partial charge in [-0.1, -0.05) is 30.3 Å². The third-order valence-electron chi connectivity index (χ3n) is 2.82. The van der Waals surface area contributed by atoms with Crippen molar-refractivity contribution in [2.75, 3.05) is 7.11 Å². The van der Waals surface area contributed by atoms with E-state index >= 15 is 0 Å². The molecule has 0 unspecified atom stereocenters. The summed E-state index contributed by atoms with van der Waals surface area (Å²) in [5.74, 6) is 0.00716. The minimum absolute atomic E-state index is 0.0738. The van der Waals surface area contributed by atoms with Crippen molar-refractivity contribution >= 4 is 22.8 Å². The van der Waals surface area contributed by atoms with Crippen LogP contribution in [-0.2, 0) is 4.79 Å². The highest BCUT2D eigenvalue weighted by atomic mass is 16.5. The first-order valence-corrected chi connectivity index (χ1v) is 5.64. The fraction of sp³-hybridized carbons (Fsp3) is 0.0667. The molecule has 0 radical (unpaired) electrons. The molecule has 4 nitrogen and oxygen atoms in total. The fourth-order valence-corrected chi connectivity index (χ4v) is 1.91. The molecule has 0 aliphatic rings. The third-order valence-corrected chi connectivity index (χ3v) is 2.82. The Labute approximate surface area is 110 Å². The molecule has 0 heterocycles. The van der Waals surface area contributed by atoms with E-state index in [0.717, 1.165) is 22.1 Å². The molecule has 94 valence electrons. The summed E-state index contributed by atoms with van der Waals surface area (Å²) in [5.41, 5.74) is 5.82. The van der Waals surface area contributed by atoms with Crippen LogP contribution in [0.4, 0.5) is 0 Å². The first kappa shape index (κ1) is 12.7. The average molecular weight is 252 g/mol. The number of hydrogen-bond acceptors (Lipinski definition) is 3. The van der Waals surface area contributed by atoms with Gasteiger partial charge in [-0.2, -0.15) is 5.26 Å². The highest BCUT2D eigenvalue weighted by Crippen LogP contribution is 2.29. The topological polar surface area (TPSA) is 76.1 Å². The maximum absolute atomic E-state index is 11.1. The molecule has 0 bridgehead atoms. The largest absolute Gasteiger partial charge is 0.496 e. The number of carbonyl (C=O) groups is 1. The Morgan fingerprint density at radius 1 is 1.26 bits per heavy atom. The summed E-state index contributed by atoms with van der Waals surface area (Å²) >= 11 is 0. The molecule has 2 aromatic carbocycles. The molecule has 0 saturated heterocycles. The number of rotatable bonds is 3. The van der Waals surface area contributed by atoms with Gasteiger partial charge in [-0.25, -0.2) is 0 Å². The lowest BCUT2D eigenvalue weighted by atomic mass is 10.0. The lowest BCUT2D eigenvalue weighted by molar-refractivity contribution is -0.114. The summed E-state index contributed by atoms with van der Waals surface area (Å²) in [5, 5.41) is 10.7. The highest BCUT2D eigenvalue weighted by molar-refractivity contribution is 6.04. The van der Waals surface area contributed by atoms with Crippen molar-refractivity contribution in [2.24, 2.45) is 5.73 Å². The molecule has 4 heteroatoms. The second kappa shape index (κ2) is 5.23. The van der Waals surface area contributed by atoms with Crippen LogP contribution in [-0.4, -0.2) is 13.0 Å². The maximum Gasteiger partial charge on any atom is 0.259 e. The number of ether oxygens (including phenoxy) is 1. The summed E-state index contributed by atoms with van der Waals surface area (Å²) in [6, 6.07) is 13.0. The maximum atomic E-state index is 11.1. The van der Waals surface area contributed by atoms with Crippen molar-refractivity contribution in [1.29, 1.82) is 5.26 Å². The monoisotopic (exact) mass is 252 g/mol. The minimum Gasteiger partial charge on any atom is -0.496 e. The van der Waals surface area contributed by atoms with E-state index in [-0.39, 0.29) is 5.57 Å². The molecule has 19 heavy (non-hydrogen) atoms. The quantitative estimate of drug-likeness (QED) is 0.672. The van der Waals surface area contributed by atoms with Crippen molar-refractivity contribution < 1.29 is 9.53 Å². The van der Waals surface area contributed by atoms with Gasteiger partial charge in [-0.05, 0) is 23.1 Å². The Morgan fingerprint density at radius 3 is 2.53 bits per heavy atom. The first-order chi connectivity index (χ1) is 9.17. The van der Waals surface area contributed by atoms with Crippen LogP contribution in [0.5, 0.6) is 5.75 Å². The lowest BCUT2D eigenvalue weighted by Crippen LogP contribution is -2.12. The number of primary amides is 1. The van der Waals surface area contributed by atoms with Crippen LogP contribution in [0.25, 0.3) is 16.8 Å². The lowest BCUT2D eigenvalue weighted by Gasteiger charge is -2.08. The molecule has 0 saturated carbocycles. The molecule has 0 fully saturated rings. The molecule has 0 aromatic heterocycles. The Bertz CT molecular complexity index is 712. The van der Waals surface area contributed by atoms with Crippen molar-refractivity contribution in [3.8, 4) is 11.8 Å². The van der Waals surface area contributed by atoms with E-state index in [1.165, 1.54) is 6.08 Å². The fourth-order valence-electron chi connectivity index (χ4n) is 1.91.